The molecule has 2 fully saturated rings. The molecule has 2 amide bonds. The third kappa shape index (κ3) is 3.98. The van der Waals surface area contributed by atoms with Crippen LogP contribution in [0.5, 0.6) is 5.75 Å². The molecule has 2 aliphatic rings. The first kappa shape index (κ1) is 18.2. The summed E-state index contributed by atoms with van der Waals surface area (Å²) in [6.45, 7) is 2.70. The van der Waals surface area contributed by atoms with Gasteiger partial charge in [0, 0.05) is 37.3 Å². The van der Waals surface area contributed by atoms with Crippen molar-refractivity contribution in [1.29, 1.82) is 0 Å². The lowest BCUT2D eigenvalue weighted by atomic mass is 9.93. The topological polar surface area (TPSA) is 87.2 Å². The Morgan fingerprint density at radius 2 is 2.12 bits per heavy atom. The number of carbonyl (C=O) groups is 3. The molecule has 2 saturated heterocycles. The first-order valence-corrected chi connectivity index (χ1v) is 9.01. The minimum absolute atomic E-state index is 0.00950. The molecule has 2 heterocycles. The molecule has 1 N–H and O–H groups in total. The molecule has 2 atom stereocenters. The van der Waals surface area contributed by atoms with Gasteiger partial charge in [-0.2, -0.15) is 0 Å². The van der Waals surface area contributed by atoms with Crippen molar-refractivity contribution < 1.29 is 24.2 Å². The summed E-state index contributed by atoms with van der Waals surface area (Å²) in [4.78, 5) is 38.9. The average molecular weight is 360 g/mol. The molecule has 2 unspecified atom stereocenters. The first-order valence-electron chi connectivity index (χ1n) is 9.01. The summed E-state index contributed by atoms with van der Waals surface area (Å²) in [5, 5.41) is 9.19. The molecule has 2 aliphatic heterocycles. The predicted molar refractivity (Wildman–Crippen MR) is 95.1 cm³/mol. The third-order valence-electron chi connectivity index (χ3n) is 5.12. The summed E-state index contributed by atoms with van der Waals surface area (Å²) >= 11 is 0. The van der Waals surface area contributed by atoms with E-state index in [0.717, 1.165) is 12.1 Å². The van der Waals surface area contributed by atoms with Crippen LogP contribution in [0.25, 0.3) is 0 Å². The zero-order chi connectivity index (χ0) is 18.7. The maximum Gasteiger partial charge on any atom is 0.308 e. The van der Waals surface area contributed by atoms with E-state index in [4.69, 9.17) is 4.74 Å². The number of aliphatic carboxylic acids is 1. The molecule has 0 bridgehead atoms. The highest BCUT2D eigenvalue weighted by molar-refractivity contribution is 5.95. The highest BCUT2D eigenvalue weighted by atomic mass is 16.5. The number of anilines is 1. The van der Waals surface area contributed by atoms with Crippen molar-refractivity contribution in [3.63, 3.8) is 0 Å². The molecule has 0 saturated carbocycles. The van der Waals surface area contributed by atoms with Crippen molar-refractivity contribution in [2.45, 2.75) is 38.6 Å². The number of carbonyl (C=O) groups excluding carboxylic acids is 2. The van der Waals surface area contributed by atoms with Crippen LogP contribution in [-0.2, 0) is 14.4 Å². The summed E-state index contributed by atoms with van der Waals surface area (Å²) in [5.41, 5.74) is 0.773. The number of carboxylic acids is 1. The van der Waals surface area contributed by atoms with E-state index in [2.05, 4.69) is 0 Å². The lowest BCUT2D eigenvalue weighted by Crippen LogP contribution is -2.49. The molecule has 0 radical (unpaired) electrons. The van der Waals surface area contributed by atoms with Gasteiger partial charge in [-0.25, -0.2) is 0 Å². The normalized spacial score (nSPS) is 23.2. The lowest BCUT2D eigenvalue weighted by molar-refractivity contribution is -0.147. The quantitative estimate of drug-likeness (QED) is 0.867. The Hall–Kier alpha value is -2.57. The van der Waals surface area contributed by atoms with Gasteiger partial charge >= 0.3 is 5.97 Å². The fraction of sp³-hybridized carbons (Fsp3) is 0.526. The van der Waals surface area contributed by atoms with Gasteiger partial charge in [0.15, 0.2) is 6.61 Å². The van der Waals surface area contributed by atoms with Gasteiger partial charge in [0.2, 0.25) is 5.91 Å². The molecular formula is C19H24N2O5. The smallest absolute Gasteiger partial charge is 0.308 e. The van der Waals surface area contributed by atoms with Crippen LogP contribution < -0.4 is 9.64 Å². The Balaban J connectivity index is 1.60. The Bertz CT molecular complexity index is 705. The van der Waals surface area contributed by atoms with E-state index in [9.17, 15) is 19.5 Å². The first-order chi connectivity index (χ1) is 12.5. The van der Waals surface area contributed by atoms with Crippen molar-refractivity contribution in [3.8, 4) is 5.75 Å². The van der Waals surface area contributed by atoms with Crippen LogP contribution in [0.1, 0.15) is 32.6 Å². The second-order valence-corrected chi connectivity index (χ2v) is 6.94. The second kappa shape index (κ2) is 7.76. The van der Waals surface area contributed by atoms with E-state index in [1.54, 1.807) is 28.0 Å². The van der Waals surface area contributed by atoms with Gasteiger partial charge in [-0.15, -0.1) is 0 Å². The molecule has 3 rings (SSSR count). The Morgan fingerprint density at radius 3 is 2.81 bits per heavy atom. The van der Waals surface area contributed by atoms with Crippen LogP contribution in [0, 0.1) is 5.92 Å². The van der Waals surface area contributed by atoms with Gasteiger partial charge in [-0.05, 0) is 38.3 Å². The molecule has 7 heteroatoms. The Kier molecular flexibility index (Phi) is 5.44. The van der Waals surface area contributed by atoms with Crippen molar-refractivity contribution >= 4 is 23.5 Å². The largest absolute Gasteiger partial charge is 0.484 e. The van der Waals surface area contributed by atoms with Crippen molar-refractivity contribution in [2.75, 3.05) is 24.6 Å². The molecule has 1 aromatic carbocycles. The van der Waals surface area contributed by atoms with Crippen molar-refractivity contribution in [3.05, 3.63) is 24.3 Å². The molecule has 26 heavy (non-hydrogen) atoms. The minimum Gasteiger partial charge on any atom is -0.484 e. The molecule has 0 spiro atoms. The Labute approximate surface area is 152 Å². The molecule has 7 nitrogen and oxygen atoms in total. The third-order valence-corrected chi connectivity index (χ3v) is 5.12. The molecule has 140 valence electrons. The maximum absolute atomic E-state index is 12.5. The summed E-state index contributed by atoms with van der Waals surface area (Å²) in [5.74, 6) is -0.973. The number of ether oxygens (including phenoxy) is 1. The average Bonchev–Trinajstić information content (AvgIpc) is 3.06. The number of hydrogen-bond donors (Lipinski definition) is 1. The van der Waals surface area contributed by atoms with Crippen LogP contribution in [0.2, 0.25) is 0 Å². The number of likely N-dealkylation sites (tertiary alicyclic amines) is 1. The second-order valence-electron chi connectivity index (χ2n) is 6.94. The molecule has 0 aromatic heterocycles. The van der Waals surface area contributed by atoms with Gasteiger partial charge in [0.1, 0.15) is 5.75 Å². The van der Waals surface area contributed by atoms with E-state index >= 15 is 0 Å². The van der Waals surface area contributed by atoms with Crippen molar-refractivity contribution in [2.24, 2.45) is 5.92 Å². The monoisotopic (exact) mass is 360 g/mol. The number of nitrogens with zero attached hydrogens (tertiary/aromatic N) is 2. The van der Waals surface area contributed by atoms with E-state index in [1.165, 1.54) is 0 Å². The number of rotatable bonds is 5. The van der Waals surface area contributed by atoms with Crippen LogP contribution in [0.15, 0.2) is 24.3 Å². The highest BCUT2D eigenvalue weighted by Gasteiger charge is 2.32. The molecule has 0 aliphatic carbocycles. The zero-order valence-corrected chi connectivity index (χ0v) is 14.9. The fourth-order valence-electron chi connectivity index (χ4n) is 3.55. The minimum atomic E-state index is -0.862. The predicted octanol–water partition coefficient (Wildman–Crippen LogP) is 1.90. The zero-order valence-electron chi connectivity index (χ0n) is 14.9. The van der Waals surface area contributed by atoms with E-state index in [1.807, 2.05) is 13.0 Å². The van der Waals surface area contributed by atoms with Crippen LogP contribution in [0.3, 0.4) is 0 Å². The number of carboxylic acid groups (broad SMARTS) is 1. The van der Waals surface area contributed by atoms with Gasteiger partial charge in [0.05, 0.1) is 5.92 Å². The van der Waals surface area contributed by atoms with Gasteiger partial charge in [-0.1, -0.05) is 6.07 Å². The van der Waals surface area contributed by atoms with Crippen molar-refractivity contribution in [1.82, 2.24) is 4.90 Å². The number of amides is 2. The van der Waals surface area contributed by atoms with Crippen LogP contribution in [0.4, 0.5) is 5.69 Å². The Morgan fingerprint density at radius 1 is 1.31 bits per heavy atom. The summed E-state index contributed by atoms with van der Waals surface area (Å²) in [7, 11) is 0. The number of hydrogen-bond acceptors (Lipinski definition) is 4. The lowest BCUT2D eigenvalue weighted by Gasteiger charge is -2.36. The highest BCUT2D eigenvalue weighted by Crippen LogP contribution is 2.26. The van der Waals surface area contributed by atoms with Crippen LogP contribution in [-0.4, -0.2) is 53.5 Å². The van der Waals surface area contributed by atoms with E-state index < -0.39 is 11.9 Å². The fourth-order valence-corrected chi connectivity index (χ4v) is 3.55. The molecule has 1 aromatic rings. The summed E-state index contributed by atoms with van der Waals surface area (Å²) < 4.78 is 5.62. The van der Waals surface area contributed by atoms with Gasteiger partial charge in [-0.3, -0.25) is 14.4 Å². The van der Waals surface area contributed by atoms with Crippen LogP contribution >= 0.6 is 0 Å². The van der Waals surface area contributed by atoms with Gasteiger partial charge < -0.3 is 19.6 Å². The number of benzene rings is 1. The van der Waals surface area contributed by atoms with E-state index in [0.29, 0.717) is 31.6 Å². The SMILES string of the molecule is CC1CCC(C(=O)O)CN1C(=O)COc1cccc(N2CCCC2=O)c1. The summed E-state index contributed by atoms with van der Waals surface area (Å²) in [6, 6.07) is 7.16. The molecular weight excluding hydrogens is 336 g/mol. The van der Waals surface area contributed by atoms with Gasteiger partial charge in [0.25, 0.3) is 5.91 Å². The van der Waals surface area contributed by atoms with E-state index in [-0.39, 0.29) is 31.0 Å². The standard InChI is InChI=1S/C19H24N2O5/c1-13-7-8-14(19(24)25)11-21(13)18(23)12-26-16-5-2-4-15(10-16)20-9-3-6-17(20)22/h2,4-5,10,13-14H,3,6-9,11-12H2,1H3,(H,24,25). The number of piperidine rings is 1. The maximum atomic E-state index is 12.5. The summed E-state index contributed by atoms with van der Waals surface area (Å²) in [6.07, 6.45) is 2.67.